The van der Waals surface area contributed by atoms with Crippen LogP contribution >= 0.6 is 0 Å². The number of carbonyl (C=O) groups excluding carboxylic acids is 4. The van der Waals surface area contributed by atoms with Crippen molar-refractivity contribution >= 4 is 23.3 Å². The molecular formula is C42H53NO16. The van der Waals surface area contributed by atoms with E-state index in [0.717, 1.165) is 6.92 Å². The summed E-state index contributed by atoms with van der Waals surface area (Å²) in [5, 5.41) is 57.8. The van der Waals surface area contributed by atoms with Gasteiger partial charge < -0.3 is 63.6 Å². The molecule has 2 aliphatic carbocycles. The molecule has 3 aliphatic heterocycles. The highest BCUT2D eigenvalue weighted by Crippen LogP contribution is 2.57. The molecule has 2 aromatic rings. The standard InChI is InChI=1S/C42H53NO16/c1-8-42(52)16-26(31-34(41(42)56-20(5)44)38(51)32-33(37(31)50)36(49)30-21(35(32)48)10-9-11-24(30)46)57-28-14-22(43(6)7)39(18(3)54-28)59-29-15-25(47)40(19(4)55-29)58-27-13-12-23(45)17(2)53-27/h9-11,17-19,22,25-29,39-41,46-47,50-52H,8,12-16H2,1-7H3. The molecule has 0 aromatic heterocycles. The Balaban J connectivity index is 1.15. The fraction of sp³-hybridized carbons (Fsp3) is 0.619. The summed E-state index contributed by atoms with van der Waals surface area (Å²) in [5.41, 5.74) is -4.05. The molecular weight excluding hydrogens is 774 g/mol. The summed E-state index contributed by atoms with van der Waals surface area (Å²) >= 11 is 0. The maximum atomic E-state index is 14.0. The molecule has 17 nitrogen and oxygen atoms in total. The third kappa shape index (κ3) is 7.77. The number of nitrogens with zero attached hydrogens (tertiary/aromatic N) is 1. The van der Waals surface area contributed by atoms with Gasteiger partial charge in [-0.1, -0.05) is 19.1 Å². The quantitative estimate of drug-likeness (QED) is 0.154. The lowest BCUT2D eigenvalue weighted by molar-refractivity contribution is -0.325. The van der Waals surface area contributed by atoms with E-state index in [1.54, 1.807) is 27.7 Å². The fourth-order valence-corrected chi connectivity index (χ4v) is 9.19. The molecule has 0 amide bonds. The van der Waals surface area contributed by atoms with Gasteiger partial charge in [0.15, 0.2) is 36.5 Å². The minimum absolute atomic E-state index is 0.00353. The minimum atomic E-state index is -1.89. The Morgan fingerprint density at radius 2 is 1.47 bits per heavy atom. The van der Waals surface area contributed by atoms with Crippen molar-refractivity contribution in [3.05, 3.63) is 51.6 Å². The number of phenols is 3. The van der Waals surface area contributed by atoms with E-state index in [0.29, 0.717) is 12.8 Å². The largest absolute Gasteiger partial charge is 0.507 e. The Morgan fingerprint density at radius 1 is 0.847 bits per heavy atom. The number of ketones is 3. The number of ether oxygens (including phenoxy) is 7. The molecule has 0 saturated carbocycles. The van der Waals surface area contributed by atoms with E-state index in [1.807, 2.05) is 19.0 Å². The predicted octanol–water partition coefficient (Wildman–Crippen LogP) is 3.21. The average molecular weight is 828 g/mol. The Kier molecular flexibility index (Phi) is 12.0. The van der Waals surface area contributed by atoms with Crippen molar-refractivity contribution in [2.75, 3.05) is 14.1 Å². The third-order valence-corrected chi connectivity index (χ3v) is 12.3. The molecule has 0 spiro atoms. The number of benzene rings is 2. The second-order valence-electron chi connectivity index (χ2n) is 16.4. The van der Waals surface area contributed by atoms with Gasteiger partial charge in [0.25, 0.3) is 0 Å². The maximum absolute atomic E-state index is 14.0. The summed E-state index contributed by atoms with van der Waals surface area (Å²) in [6.45, 7) is 7.95. The molecule has 5 N–H and O–H groups in total. The first-order valence-electron chi connectivity index (χ1n) is 20.1. The number of aromatic hydroxyl groups is 3. The van der Waals surface area contributed by atoms with Crippen LogP contribution in [0.5, 0.6) is 17.2 Å². The van der Waals surface area contributed by atoms with Crippen LogP contribution in [0.15, 0.2) is 18.2 Å². The fourth-order valence-electron chi connectivity index (χ4n) is 9.19. The van der Waals surface area contributed by atoms with Gasteiger partial charge in [-0.3, -0.25) is 19.2 Å². The molecule has 2 aromatic carbocycles. The van der Waals surface area contributed by atoms with Crippen molar-refractivity contribution in [3.8, 4) is 17.2 Å². The Labute approximate surface area is 341 Å². The lowest BCUT2D eigenvalue weighted by Gasteiger charge is -2.48. The van der Waals surface area contributed by atoms with Crippen molar-refractivity contribution < 1.29 is 77.9 Å². The average Bonchev–Trinajstić information content (AvgIpc) is 3.16. The number of aliphatic hydroxyl groups excluding tert-OH is 1. The zero-order valence-corrected chi connectivity index (χ0v) is 34.1. The third-order valence-electron chi connectivity index (χ3n) is 12.3. The smallest absolute Gasteiger partial charge is 0.303 e. The van der Waals surface area contributed by atoms with Crippen LogP contribution < -0.4 is 0 Å². The second-order valence-corrected chi connectivity index (χ2v) is 16.4. The van der Waals surface area contributed by atoms with Crippen molar-refractivity contribution in [2.45, 2.75) is 152 Å². The lowest BCUT2D eigenvalue weighted by atomic mass is 9.70. The van der Waals surface area contributed by atoms with Gasteiger partial charge in [-0.2, -0.15) is 0 Å². The van der Waals surface area contributed by atoms with Crippen molar-refractivity contribution in [1.29, 1.82) is 0 Å². The van der Waals surface area contributed by atoms with Crippen LogP contribution in [0, 0.1) is 0 Å². The van der Waals surface area contributed by atoms with Crippen LogP contribution in [-0.4, -0.2) is 135 Å². The molecule has 5 aliphatic rings. The summed E-state index contributed by atoms with van der Waals surface area (Å²) < 4.78 is 43.0. The summed E-state index contributed by atoms with van der Waals surface area (Å²) in [5.74, 6) is -4.63. The van der Waals surface area contributed by atoms with Crippen LogP contribution in [-0.2, 0) is 42.7 Å². The van der Waals surface area contributed by atoms with Gasteiger partial charge in [-0.15, -0.1) is 0 Å². The van der Waals surface area contributed by atoms with Crippen LogP contribution in [0.25, 0.3) is 0 Å². The summed E-state index contributed by atoms with van der Waals surface area (Å²) in [6.07, 6.45) is -8.91. The Bertz CT molecular complexity index is 1990. The number of likely N-dealkylation sites (N-methyl/N-ethyl adjacent to an activating group) is 1. The van der Waals surface area contributed by atoms with E-state index in [2.05, 4.69) is 0 Å². The highest BCUT2D eigenvalue weighted by atomic mass is 16.7. The van der Waals surface area contributed by atoms with Crippen LogP contribution in [0.1, 0.15) is 128 Å². The Morgan fingerprint density at radius 3 is 2.10 bits per heavy atom. The molecule has 3 heterocycles. The molecule has 7 rings (SSSR count). The van der Waals surface area contributed by atoms with Crippen molar-refractivity contribution in [3.63, 3.8) is 0 Å². The summed E-state index contributed by atoms with van der Waals surface area (Å²) in [4.78, 5) is 54.1. The highest BCUT2D eigenvalue weighted by Gasteiger charge is 2.54. The number of phenolic OH excluding ortho intramolecular Hbond substituents is 3. The van der Waals surface area contributed by atoms with E-state index in [9.17, 15) is 44.7 Å². The first-order valence-corrected chi connectivity index (χ1v) is 20.1. The van der Waals surface area contributed by atoms with Gasteiger partial charge in [-0.05, 0) is 47.4 Å². The normalized spacial score (nSPS) is 35.9. The molecule has 59 heavy (non-hydrogen) atoms. The van der Waals surface area contributed by atoms with Crippen LogP contribution in [0.4, 0.5) is 0 Å². The van der Waals surface area contributed by atoms with E-state index in [-0.39, 0.29) is 59.8 Å². The second kappa shape index (κ2) is 16.4. The summed E-state index contributed by atoms with van der Waals surface area (Å²) in [7, 11) is 3.69. The van der Waals surface area contributed by atoms with Gasteiger partial charge >= 0.3 is 5.97 Å². The number of Topliss-reactive ketones (excluding diaryl/α,β-unsaturated/α-hetero) is 1. The first kappa shape index (κ1) is 43.1. The number of aliphatic hydroxyl groups is 2. The number of hydrogen-bond donors (Lipinski definition) is 5. The summed E-state index contributed by atoms with van der Waals surface area (Å²) in [6, 6.07) is 3.51. The molecule has 3 fully saturated rings. The highest BCUT2D eigenvalue weighted by molar-refractivity contribution is 6.31. The van der Waals surface area contributed by atoms with E-state index in [1.165, 1.54) is 18.2 Å². The van der Waals surface area contributed by atoms with Gasteiger partial charge in [0.2, 0.25) is 5.78 Å². The topological polar surface area (TPSA) is 237 Å². The van der Waals surface area contributed by atoms with Gasteiger partial charge in [0.05, 0.1) is 41.1 Å². The molecule has 13 unspecified atom stereocenters. The van der Waals surface area contributed by atoms with Crippen LogP contribution in [0.2, 0.25) is 0 Å². The van der Waals surface area contributed by atoms with E-state index >= 15 is 0 Å². The predicted molar refractivity (Wildman–Crippen MR) is 203 cm³/mol. The van der Waals surface area contributed by atoms with Crippen molar-refractivity contribution in [1.82, 2.24) is 4.90 Å². The molecule has 0 radical (unpaired) electrons. The van der Waals surface area contributed by atoms with E-state index < -0.39 is 119 Å². The minimum Gasteiger partial charge on any atom is -0.507 e. The van der Waals surface area contributed by atoms with Gasteiger partial charge in [0, 0.05) is 61.8 Å². The number of fused-ring (bicyclic) bond motifs is 3. The number of carbonyl (C=O) groups is 4. The molecule has 13 atom stereocenters. The molecule has 322 valence electrons. The van der Waals surface area contributed by atoms with E-state index in [4.69, 9.17) is 33.2 Å². The zero-order chi connectivity index (χ0) is 42.8. The monoisotopic (exact) mass is 827 g/mol. The lowest BCUT2D eigenvalue weighted by Crippen LogP contribution is -2.58. The maximum Gasteiger partial charge on any atom is 0.303 e. The van der Waals surface area contributed by atoms with Gasteiger partial charge in [-0.25, -0.2) is 0 Å². The number of esters is 1. The number of rotatable bonds is 9. The van der Waals surface area contributed by atoms with Gasteiger partial charge in [0.1, 0.15) is 41.2 Å². The zero-order valence-electron chi connectivity index (χ0n) is 34.1. The number of hydrogen-bond acceptors (Lipinski definition) is 17. The Hall–Kier alpha value is -4.04. The molecule has 17 heteroatoms. The molecule has 0 bridgehead atoms. The molecule has 3 saturated heterocycles. The van der Waals surface area contributed by atoms with Crippen molar-refractivity contribution in [2.24, 2.45) is 0 Å². The SMILES string of the molecule is CCC1(O)CC(OC2CC(N(C)C)C(OC3CC(O)C(OC4CCC(=O)C(C)O4)C(C)O3)C(C)O2)c2c(O)c3c(c(O)c2C1OC(C)=O)C(=O)c1cccc(O)c1C3=O. The first-order chi connectivity index (χ1) is 27.8. The van der Waals surface area contributed by atoms with Crippen LogP contribution in [0.3, 0.4) is 0 Å².